The highest BCUT2D eigenvalue weighted by Gasteiger charge is 2.38. The maximum absolute atomic E-state index is 12.0. The largest absolute Gasteiger partial charge is 0.481 e. The number of amides is 1. The minimum atomic E-state index is -1.13. The van der Waals surface area contributed by atoms with Crippen molar-refractivity contribution in [1.29, 1.82) is 0 Å². The van der Waals surface area contributed by atoms with Crippen LogP contribution in [0.5, 0.6) is 0 Å². The van der Waals surface area contributed by atoms with Crippen molar-refractivity contribution in [3.05, 3.63) is 0 Å². The molecule has 7 nitrogen and oxygen atoms in total. The number of hydrogen-bond acceptors (Lipinski definition) is 4. The third kappa shape index (κ3) is 4.71. The van der Waals surface area contributed by atoms with Crippen molar-refractivity contribution in [1.82, 2.24) is 4.90 Å². The van der Waals surface area contributed by atoms with Gasteiger partial charge in [-0.25, -0.2) is 9.59 Å². The Bertz CT molecular complexity index is 400. The average molecular weight is 287 g/mol. The van der Waals surface area contributed by atoms with E-state index in [9.17, 15) is 19.5 Å². The second-order valence-corrected chi connectivity index (χ2v) is 6.02. The lowest BCUT2D eigenvalue weighted by molar-refractivity contribution is -0.147. The molecule has 0 spiro atoms. The maximum atomic E-state index is 12.0. The summed E-state index contributed by atoms with van der Waals surface area (Å²) in [6, 6.07) is -1.03. The van der Waals surface area contributed by atoms with E-state index >= 15 is 0 Å². The molecule has 1 fully saturated rings. The van der Waals surface area contributed by atoms with E-state index in [1.807, 2.05) is 0 Å². The number of carbonyl (C=O) groups is 3. The fraction of sp³-hybridized carbons (Fsp3) is 0.769. The Morgan fingerprint density at radius 1 is 1.25 bits per heavy atom. The van der Waals surface area contributed by atoms with Gasteiger partial charge < -0.3 is 14.9 Å². The van der Waals surface area contributed by atoms with Crippen LogP contribution in [-0.2, 0) is 14.3 Å². The van der Waals surface area contributed by atoms with E-state index in [0.29, 0.717) is 6.42 Å². The van der Waals surface area contributed by atoms with Crippen LogP contribution in [0, 0.1) is 5.92 Å². The lowest BCUT2D eigenvalue weighted by Gasteiger charge is -2.37. The number of aliphatic carboxylic acids is 2. The van der Waals surface area contributed by atoms with Crippen molar-refractivity contribution < 1.29 is 29.3 Å². The fourth-order valence-corrected chi connectivity index (χ4v) is 2.24. The van der Waals surface area contributed by atoms with Gasteiger partial charge in [-0.1, -0.05) is 0 Å². The minimum absolute atomic E-state index is 0.0774. The van der Waals surface area contributed by atoms with Gasteiger partial charge in [0, 0.05) is 13.0 Å². The van der Waals surface area contributed by atoms with Crippen molar-refractivity contribution in [3.63, 3.8) is 0 Å². The first-order valence-corrected chi connectivity index (χ1v) is 6.54. The molecule has 2 N–H and O–H groups in total. The van der Waals surface area contributed by atoms with Gasteiger partial charge in [-0.05, 0) is 39.5 Å². The van der Waals surface area contributed by atoms with Crippen LogP contribution in [-0.4, -0.2) is 51.3 Å². The van der Waals surface area contributed by atoms with Gasteiger partial charge in [-0.15, -0.1) is 0 Å². The molecule has 0 radical (unpaired) electrons. The molecule has 114 valence electrons. The lowest BCUT2D eigenvalue weighted by Crippen LogP contribution is -2.51. The number of ether oxygens (including phenoxy) is 1. The zero-order valence-electron chi connectivity index (χ0n) is 12.0. The van der Waals surface area contributed by atoms with E-state index in [2.05, 4.69) is 0 Å². The topological polar surface area (TPSA) is 104 Å². The monoisotopic (exact) mass is 287 g/mol. The highest BCUT2D eigenvalue weighted by atomic mass is 16.6. The van der Waals surface area contributed by atoms with Crippen molar-refractivity contribution in [2.45, 2.75) is 51.7 Å². The van der Waals surface area contributed by atoms with Crippen LogP contribution in [0.25, 0.3) is 0 Å². The van der Waals surface area contributed by atoms with Gasteiger partial charge in [0.1, 0.15) is 11.6 Å². The Hall–Kier alpha value is -1.79. The first-order chi connectivity index (χ1) is 9.10. The number of carboxylic acids is 2. The zero-order chi connectivity index (χ0) is 15.5. The number of likely N-dealkylation sites (tertiary alicyclic amines) is 1. The Morgan fingerprint density at radius 3 is 2.30 bits per heavy atom. The standard InChI is InChI=1S/C13H21NO6/c1-13(2,3)20-12(19)14-5-4-8(7-10(15)16)6-9(14)11(17)18/h8-9H,4-7H2,1-3H3,(H,15,16)(H,17,18)/t8-,9-/m1/s1. The molecule has 0 aromatic rings. The van der Waals surface area contributed by atoms with Crippen molar-refractivity contribution in [2.75, 3.05) is 6.54 Å². The van der Waals surface area contributed by atoms with Crippen molar-refractivity contribution >= 4 is 18.0 Å². The predicted octanol–water partition coefficient (Wildman–Crippen LogP) is 1.56. The summed E-state index contributed by atoms with van der Waals surface area (Å²) in [4.78, 5) is 35.1. The summed E-state index contributed by atoms with van der Waals surface area (Å²) in [5, 5.41) is 18.0. The van der Waals surface area contributed by atoms with E-state index in [4.69, 9.17) is 9.84 Å². The SMILES string of the molecule is CC(C)(C)OC(=O)N1CC[C@@H](CC(=O)O)C[C@@H]1C(=O)O. The first-order valence-electron chi connectivity index (χ1n) is 6.54. The number of rotatable bonds is 3. The number of nitrogens with zero attached hydrogens (tertiary/aromatic N) is 1. The molecule has 0 unspecified atom stereocenters. The Morgan fingerprint density at radius 2 is 1.85 bits per heavy atom. The van der Waals surface area contributed by atoms with Crippen LogP contribution in [0.3, 0.4) is 0 Å². The van der Waals surface area contributed by atoms with Crippen LogP contribution < -0.4 is 0 Å². The number of hydrogen-bond donors (Lipinski definition) is 2. The van der Waals surface area contributed by atoms with E-state index in [-0.39, 0.29) is 25.3 Å². The molecule has 1 saturated heterocycles. The predicted molar refractivity (Wildman–Crippen MR) is 69.3 cm³/mol. The molecule has 2 atom stereocenters. The number of piperidine rings is 1. The fourth-order valence-electron chi connectivity index (χ4n) is 2.24. The molecule has 1 heterocycles. The maximum Gasteiger partial charge on any atom is 0.411 e. The van der Waals surface area contributed by atoms with Crippen LogP contribution >= 0.6 is 0 Å². The van der Waals surface area contributed by atoms with Crippen LogP contribution in [0.2, 0.25) is 0 Å². The molecule has 1 amide bonds. The summed E-state index contributed by atoms with van der Waals surface area (Å²) >= 11 is 0. The molecule has 0 aromatic carbocycles. The Balaban J connectivity index is 2.75. The van der Waals surface area contributed by atoms with Gasteiger partial charge in [0.15, 0.2) is 0 Å². The quantitative estimate of drug-likeness (QED) is 0.816. The second kappa shape index (κ2) is 6.11. The summed E-state index contributed by atoms with van der Waals surface area (Å²) in [5.74, 6) is -2.32. The molecule has 0 aliphatic carbocycles. The van der Waals surface area contributed by atoms with Gasteiger partial charge in [0.2, 0.25) is 0 Å². The zero-order valence-corrected chi connectivity index (χ0v) is 12.0. The van der Waals surface area contributed by atoms with Gasteiger partial charge in [0.25, 0.3) is 0 Å². The van der Waals surface area contributed by atoms with Gasteiger partial charge in [0.05, 0.1) is 0 Å². The molecule has 0 saturated carbocycles. The van der Waals surface area contributed by atoms with Crippen LogP contribution in [0.1, 0.15) is 40.0 Å². The van der Waals surface area contributed by atoms with Gasteiger partial charge in [-0.3, -0.25) is 9.69 Å². The Kier molecular flexibility index (Phi) is 4.97. The van der Waals surface area contributed by atoms with Gasteiger partial charge in [-0.2, -0.15) is 0 Å². The third-order valence-electron chi connectivity index (χ3n) is 3.09. The molecular weight excluding hydrogens is 266 g/mol. The van der Waals surface area contributed by atoms with Gasteiger partial charge >= 0.3 is 18.0 Å². The molecule has 20 heavy (non-hydrogen) atoms. The Labute approximate surface area is 117 Å². The van der Waals surface area contributed by atoms with E-state index in [0.717, 1.165) is 0 Å². The highest BCUT2D eigenvalue weighted by molar-refractivity contribution is 5.80. The smallest absolute Gasteiger partial charge is 0.411 e. The molecule has 1 aliphatic rings. The summed E-state index contributed by atoms with van der Waals surface area (Å²) in [5.41, 5.74) is -0.696. The summed E-state index contributed by atoms with van der Waals surface area (Å²) in [7, 11) is 0. The molecule has 1 rings (SSSR count). The average Bonchev–Trinajstić information content (AvgIpc) is 2.25. The summed E-state index contributed by atoms with van der Waals surface area (Å²) in [6.45, 7) is 5.32. The summed E-state index contributed by atoms with van der Waals surface area (Å²) < 4.78 is 5.18. The second-order valence-electron chi connectivity index (χ2n) is 6.02. The molecule has 7 heteroatoms. The highest BCUT2D eigenvalue weighted by Crippen LogP contribution is 2.27. The third-order valence-corrected chi connectivity index (χ3v) is 3.09. The lowest BCUT2D eigenvalue weighted by atomic mass is 9.88. The van der Waals surface area contributed by atoms with E-state index < -0.39 is 29.7 Å². The minimum Gasteiger partial charge on any atom is -0.481 e. The van der Waals surface area contributed by atoms with Crippen LogP contribution in [0.15, 0.2) is 0 Å². The van der Waals surface area contributed by atoms with Crippen molar-refractivity contribution in [3.8, 4) is 0 Å². The first kappa shape index (κ1) is 16.3. The normalized spacial score (nSPS) is 23.2. The molecule has 0 bridgehead atoms. The van der Waals surface area contributed by atoms with E-state index in [1.54, 1.807) is 20.8 Å². The molecular formula is C13H21NO6. The van der Waals surface area contributed by atoms with E-state index in [1.165, 1.54) is 4.90 Å². The molecule has 1 aliphatic heterocycles. The van der Waals surface area contributed by atoms with Crippen molar-refractivity contribution in [2.24, 2.45) is 5.92 Å². The van der Waals surface area contributed by atoms with Crippen LogP contribution in [0.4, 0.5) is 4.79 Å². The molecule has 0 aromatic heterocycles. The number of carbonyl (C=O) groups excluding carboxylic acids is 1. The summed E-state index contributed by atoms with van der Waals surface area (Å²) in [6.07, 6.45) is -0.138. The number of carboxylic acid groups (broad SMARTS) is 2.